The fraction of sp³-hybridized carbons (Fsp3) is 0.125. The normalized spacial score (nSPS) is 14.1. The average Bonchev–Trinajstić information content (AvgIpc) is 2.50. The summed E-state index contributed by atoms with van der Waals surface area (Å²) >= 11 is 0. The second kappa shape index (κ2) is 6.12. The molecule has 0 aromatic heterocycles. The van der Waals surface area contributed by atoms with Crippen LogP contribution in [0.4, 0.5) is 0 Å². The van der Waals surface area contributed by atoms with Crippen LogP contribution in [0.15, 0.2) is 65.7 Å². The molecule has 2 aromatic carbocycles. The van der Waals surface area contributed by atoms with E-state index in [1.165, 1.54) is 6.21 Å². The van der Waals surface area contributed by atoms with Crippen LogP contribution in [-0.2, 0) is 10.3 Å². The largest absolute Gasteiger partial charge is 0.479 e. The summed E-state index contributed by atoms with van der Waals surface area (Å²) in [5.41, 5.74) is -0.443. The Labute approximate surface area is 117 Å². The van der Waals surface area contributed by atoms with E-state index in [0.29, 0.717) is 5.56 Å². The molecule has 0 spiro atoms. The first-order valence-electron chi connectivity index (χ1n) is 6.19. The van der Waals surface area contributed by atoms with Gasteiger partial charge in [0.15, 0.2) is 0 Å². The van der Waals surface area contributed by atoms with Crippen molar-refractivity contribution >= 4 is 12.2 Å². The lowest BCUT2D eigenvalue weighted by Gasteiger charge is -2.23. The van der Waals surface area contributed by atoms with Crippen molar-refractivity contribution in [2.75, 3.05) is 6.61 Å². The van der Waals surface area contributed by atoms with Crippen molar-refractivity contribution in [3.05, 3.63) is 71.8 Å². The summed E-state index contributed by atoms with van der Waals surface area (Å²) < 4.78 is 0. The number of aliphatic hydroxyl groups excluding tert-OH is 1. The summed E-state index contributed by atoms with van der Waals surface area (Å²) in [5.74, 6) is -1.18. The minimum atomic E-state index is -1.67. The van der Waals surface area contributed by atoms with E-state index in [-0.39, 0.29) is 0 Å². The second-order valence-electron chi connectivity index (χ2n) is 4.36. The molecule has 20 heavy (non-hydrogen) atoms. The lowest BCUT2D eigenvalue weighted by atomic mass is 9.91. The van der Waals surface area contributed by atoms with Crippen LogP contribution in [-0.4, -0.2) is 29.0 Å². The fourth-order valence-electron chi connectivity index (χ4n) is 1.89. The van der Waals surface area contributed by atoms with Gasteiger partial charge in [-0.1, -0.05) is 60.7 Å². The highest BCUT2D eigenvalue weighted by atomic mass is 16.4. The zero-order valence-electron chi connectivity index (χ0n) is 10.8. The number of nitrogens with zero attached hydrogens (tertiary/aromatic N) is 1. The summed E-state index contributed by atoms with van der Waals surface area (Å²) in [6.45, 7) is -0.602. The van der Waals surface area contributed by atoms with E-state index in [0.717, 1.165) is 5.56 Å². The third kappa shape index (κ3) is 2.75. The third-order valence-electron chi connectivity index (χ3n) is 3.07. The molecule has 2 N–H and O–H groups in total. The molecule has 0 aliphatic heterocycles. The highest BCUT2D eigenvalue weighted by Gasteiger charge is 2.39. The minimum Gasteiger partial charge on any atom is -0.479 e. The van der Waals surface area contributed by atoms with Gasteiger partial charge in [0.25, 0.3) is 0 Å². The number of aliphatic carboxylic acids is 1. The van der Waals surface area contributed by atoms with Gasteiger partial charge in [0.2, 0.25) is 5.54 Å². The van der Waals surface area contributed by atoms with Crippen molar-refractivity contribution in [3.63, 3.8) is 0 Å². The van der Waals surface area contributed by atoms with Crippen molar-refractivity contribution in [2.24, 2.45) is 4.99 Å². The first-order chi connectivity index (χ1) is 9.69. The first kappa shape index (κ1) is 14.0. The van der Waals surface area contributed by atoms with Gasteiger partial charge in [-0.05, 0) is 11.1 Å². The molecule has 0 aliphatic rings. The first-order valence-corrected chi connectivity index (χ1v) is 6.19. The number of hydrogen-bond donors (Lipinski definition) is 2. The van der Waals surface area contributed by atoms with Crippen LogP contribution < -0.4 is 0 Å². The predicted octanol–water partition coefficient (Wildman–Crippen LogP) is 2.08. The minimum absolute atomic E-state index is 0.446. The van der Waals surface area contributed by atoms with Crippen LogP contribution in [0.5, 0.6) is 0 Å². The summed E-state index contributed by atoms with van der Waals surface area (Å²) in [6.07, 6.45) is 1.47. The number of aliphatic hydroxyl groups is 1. The molecule has 0 unspecified atom stereocenters. The Bertz CT molecular complexity index is 596. The van der Waals surface area contributed by atoms with Gasteiger partial charge >= 0.3 is 5.97 Å². The van der Waals surface area contributed by atoms with E-state index < -0.39 is 18.1 Å². The Morgan fingerprint density at radius 3 is 2.10 bits per heavy atom. The molecular weight excluding hydrogens is 254 g/mol. The van der Waals surface area contributed by atoms with Crippen LogP contribution in [0.3, 0.4) is 0 Å². The van der Waals surface area contributed by atoms with E-state index in [9.17, 15) is 15.0 Å². The SMILES string of the molecule is O=C(O)[C@](CO)(N=Cc1ccccc1)c1ccccc1. The summed E-state index contributed by atoms with van der Waals surface area (Å²) in [4.78, 5) is 15.7. The number of benzene rings is 2. The number of carbonyl (C=O) groups is 1. The van der Waals surface area contributed by atoms with Gasteiger partial charge in [0.1, 0.15) is 0 Å². The molecule has 4 heteroatoms. The molecule has 4 nitrogen and oxygen atoms in total. The Morgan fingerprint density at radius 2 is 1.60 bits per heavy atom. The van der Waals surface area contributed by atoms with E-state index in [4.69, 9.17) is 0 Å². The van der Waals surface area contributed by atoms with E-state index >= 15 is 0 Å². The summed E-state index contributed by atoms with van der Waals surface area (Å²) in [5, 5.41) is 19.1. The van der Waals surface area contributed by atoms with Crippen LogP contribution in [0.2, 0.25) is 0 Å². The Morgan fingerprint density at radius 1 is 1.05 bits per heavy atom. The molecule has 0 bridgehead atoms. The topological polar surface area (TPSA) is 69.9 Å². The number of carboxylic acid groups (broad SMARTS) is 1. The smallest absolute Gasteiger partial charge is 0.338 e. The van der Waals surface area contributed by atoms with Gasteiger partial charge in [-0.15, -0.1) is 0 Å². The lowest BCUT2D eigenvalue weighted by molar-refractivity contribution is -0.145. The Kier molecular flexibility index (Phi) is 4.27. The maximum Gasteiger partial charge on any atom is 0.338 e. The van der Waals surface area contributed by atoms with E-state index in [1.807, 2.05) is 30.3 Å². The van der Waals surface area contributed by atoms with Crippen molar-refractivity contribution in [3.8, 4) is 0 Å². The molecule has 0 fully saturated rings. The quantitative estimate of drug-likeness (QED) is 0.816. The predicted molar refractivity (Wildman–Crippen MR) is 76.9 cm³/mol. The molecule has 0 heterocycles. The molecule has 0 saturated carbocycles. The van der Waals surface area contributed by atoms with Crippen LogP contribution in [0.1, 0.15) is 11.1 Å². The monoisotopic (exact) mass is 269 g/mol. The highest BCUT2D eigenvalue weighted by Crippen LogP contribution is 2.26. The molecule has 0 aliphatic carbocycles. The second-order valence-corrected chi connectivity index (χ2v) is 4.36. The number of aliphatic imine (C=N–C) groups is 1. The number of rotatable bonds is 5. The van der Waals surface area contributed by atoms with Gasteiger partial charge in [-0.3, -0.25) is 4.99 Å². The van der Waals surface area contributed by atoms with Gasteiger partial charge in [-0.2, -0.15) is 0 Å². The third-order valence-corrected chi connectivity index (χ3v) is 3.07. The van der Waals surface area contributed by atoms with Crippen LogP contribution >= 0.6 is 0 Å². The number of hydrogen-bond acceptors (Lipinski definition) is 3. The molecule has 1 atom stereocenters. The molecular formula is C16H15NO3. The maximum atomic E-state index is 11.6. The Balaban J connectivity index is 2.43. The Hall–Kier alpha value is -2.46. The van der Waals surface area contributed by atoms with Crippen LogP contribution in [0, 0.1) is 0 Å². The van der Waals surface area contributed by atoms with Crippen molar-refractivity contribution in [2.45, 2.75) is 5.54 Å². The lowest BCUT2D eigenvalue weighted by Crippen LogP contribution is -2.37. The standard InChI is InChI=1S/C16H15NO3/c18-12-16(15(19)20,14-9-5-2-6-10-14)17-11-13-7-3-1-4-8-13/h1-11,18H,12H2,(H,19,20)/t16-/m1/s1. The zero-order chi connectivity index (χ0) is 14.4. The molecule has 0 radical (unpaired) electrons. The van der Waals surface area contributed by atoms with Crippen molar-refractivity contribution in [1.82, 2.24) is 0 Å². The molecule has 0 saturated heterocycles. The van der Waals surface area contributed by atoms with E-state index in [2.05, 4.69) is 4.99 Å². The fourth-order valence-corrected chi connectivity index (χ4v) is 1.89. The molecule has 0 amide bonds. The zero-order valence-corrected chi connectivity index (χ0v) is 10.8. The van der Waals surface area contributed by atoms with E-state index in [1.54, 1.807) is 30.3 Å². The van der Waals surface area contributed by atoms with Gasteiger partial charge in [-0.25, -0.2) is 4.79 Å². The van der Waals surface area contributed by atoms with Crippen molar-refractivity contribution < 1.29 is 15.0 Å². The van der Waals surface area contributed by atoms with Gasteiger partial charge in [0, 0.05) is 6.21 Å². The summed E-state index contributed by atoms with van der Waals surface area (Å²) in [7, 11) is 0. The van der Waals surface area contributed by atoms with Gasteiger partial charge < -0.3 is 10.2 Å². The van der Waals surface area contributed by atoms with Crippen molar-refractivity contribution in [1.29, 1.82) is 0 Å². The molecule has 102 valence electrons. The van der Waals surface area contributed by atoms with Gasteiger partial charge in [0.05, 0.1) is 6.61 Å². The molecule has 2 aromatic rings. The number of carboxylic acids is 1. The molecule has 2 rings (SSSR count). The highest BCUT2D eigenvalue weighted by molar-refractivity contribution is 5.87. The van der Waals surface area contributed by atoms with Crippen LogP contribution in [0.25, 0.3) is 0 Å². The summed E-state index contributed by atoms with van der Waals surface area (Å²) in [6, 6.07) is 17.7. The average molecular weight is 269 g/mol. The maximum absolute atomic E-state index is 11.6.